The van der Waals surface area contributed by atoms with Crippen molar-refractivity contribution in [2.24, 2.45) is 46.8 Å². The van der Waals surface area contributed by atoms with Gasteiger partial charge in [0, 0.05) is 56.9 Å². The van der Waals surface area contributed by atoms with E-state index in [1.165, 1.54) is 4.90 Å². The molecular weight excluding hydrogens is 1030 g/mol. The predicted molar refractivity (Wildman–Crippen MR) is 298 cm³/mol. The number of esters is 2. The Labute approximate surface area is 473 Å². The van der Waals surface area contributed by atoms with E-state index < -0.39 is 120 Å². The number of amides is 1. The number of ether oxygens (including phenoxy) is 7. The number of ketones is 3. The van der Waals surface area contributed by atoms with Gasteiger partial charge in [0.15, 0.2) is 6.29 Å². The Hall–Kier alpha value is -4.72. The second kappa shape index (κ2) is 29.5. The van der Waals surface area contributed by atoms with Gasteiger partial charge in [-0.05, 0) is 114 Å². The Morgan fingerprint density at radius 2 is 1.56 bits per heavy atom. The maximum atomic E-state index is 14.7. The van der Waals surface area contributed by atoms with Gasteiger partial charge in [-0.3, -0.25) is 24.0 Å². The minimum atomic E-state index is -2.47. The number of piperidine rings is 1. The Bertz CT molecular complexity index is 2390. The quantitative estimate of drug-likeness (QED) is 0.121. The van der Waals surface area contributed by atoms with Crippen molar-refractivity contribution in [2.75, 3.05) is 40.6 Å². The van der Waals surface area contributed by atoms with Crippen LogP contribution < -0.4 is 0 Å². The molecule has 17 nitrogen and oxygen atoms in total. The number of aliphatic hydroxyl groups excluding tert-OH is 2. The minimum Gasteiger partial charge on any atom is -0.460 e. The number of carbonyl (C=O) groups is 6. The molecule has 0 radical (unpaired) electrons. The molecule has 4 fully saturated rings. The second-order valence-electron chi connectivity index (χ2n) is 24.0. The second-order valence-corrected chi connectivity index (χ2v) is 24.0. The van der Waals surface area contributed by atoms with E-state index in [2.05, 4.69) is 0 Å². The number of hydrogen-bond acceptors (Lipinski definition) is 16. The number of hydrogen-bond donors (Lipinski definition) is 3. The van der Waals surface area contributed by atoms with Crippen LogP contribution in [0.3, 0.4) is 0 Å². The maximum absolute atomic E-state index is 14.7. The van der Waals surface area contributed by atoms with E-state index in [4.69, 9.17) is 33.2 Å². The van der Waals surface area contributed by atoms with Gasteiger partial charge in [-0.1, -0.05) is 101 Å². The van der Waals surface area contributed by atoms with E-state index in [0.29, 0.717) is 69.8 Å². The molecule has 4 heterocycles. The number of methoxy groups -OCH3 is 2. The van der Waals surface area contributed by atoms with Crippen LogP contribution >= 0.6 is 0 Å². The first-order valence-electron chi connectivity index (χ1n) is 29.1. The number of nitrogens with zero attached hydrogens (tertiary/aromatic N) is 1. The lowest BCUT2D eigenvalue weighted by Crippen LogP contribution is -2.61. The molecule has 0 aromatic heterocycles. The smallest absolute Gasteiger partial charge is 0.329 e. The van der Waals surface area contributed by atoms with Gasteiger partial charge in [0.2, 0.25) is 5.79 Å². The normalized spacial score (nSPS) is 37.8. The highest BCUT2D eigenvalue weighted by molar-refractivity contribution is 6.39. The molecule has 2 bridgehead atoms. The fourth-order valence-electron chi connectivity index (χ4n) is 12.2. The molecule has 5 aliphatic rings. The molecule has 15 unspecified atom stereocenters. The topological polar surface area (TPSA) is 231 Å². The van der Waals surface area contributed by atoms with Gasteiger partial charge in [0.05, 0.1) is 50.2 Å². The van der Waals surface area contributed by atoms with Crippen molar-refractivity contribution in [1.82, 2.24) is 4.90 Å². The zero-order chi connectivity index (χ0) is 58.5. The van der Waals surface area contributed by atoms with Crippen LogP contribution in [0.1, 0.15) is 144 Å². The number of benzene rings is 1. The van der Waals surface area contributed by atoms with Crippen molar-refractivity contribution in [3.05, 3.63) is 83.5 Å². The third-order valence-electron chi connectivity index (χ3n) is 17.5. The third kappa shape index (κ3) is 16.3. The Morgan fingerprint density at radius 1 is 0.850 bits per heavy atom. The van der Waals surface area contributed by atoms with Crippen LogP contribution in [0.2, 0.25) is 0 Å². The van der Waals surface area contributed by atoms with Crippen LogP contribution in [0.25, 0.3) is 0 Å². The highest BCUT2D eigenvalue weighted by Gasteiger charge is 2.53. The molecule has 6 rings (SSSR count). The van der Waals surface area contributed by atoms with Crippen LogP contribution in [0.4, 0.5) is 0 Å². The van der Waals surface area contributed by atoms with Crippen LogP contribution in [0.5, 0.6) is 0 Å². The van der Waals surface area contributed by atoms with E-state index in [1.54, 1.807) is 54.9 Å². The molecule has 1 aliphatic carbocycles. The largest absolute Gasteiger partial charge is 0.460 e. The first-order valence-corrected chi connectivity index (χ1v) is 29.1. The summed E-state index contributed by atoms with van der Waals surface area (Å²) in [6.45, 7) is 13.9. The van der Waals surface area contributed by atoms with Crippen molar-refractivity contribution >= 4 is 35.2 Å². The summed E-state index contributed by atoms with van der Waals surface area (Å²) in [6.07, 6.45) is 10.6. The van der Waals surface area contributed by atoms with Gasteiger partial charge >= 0.3 is 11.9 Å². The van der Waals surface area contributed by atoms with Gasteiger partial charge in [0.1, 0.15) is 35.2 Å². The first kappa shape index (κ1) is 64.4. The highest BCUT2D eigenvalue weighted by atomic mass is 16.7. The zero-order valence-electron chi connectivity index (χ0n) is 48.9. The average molecular weight is 1120 g/mol. The number of Topliss-reactive ketones (excluding diaryl/α,β-unsaturated/α-hetero) is 3. The molecule has 1 aromatic carbocycles. The predicted octanol–water partition coefficient (Wildman–Crippen LogP) is 8.08. The first-order chi connectivity index (χ1) is 38.0. The fraction of sp³-hybridized carbons (Fsp3) is 0.683. The van der Waals surface area contributed by atoms with E-state index >= 15 is 0 Å². The lowest BCUT2D eigenvalue weighted by molar-refractivity contribution is -0.265. The number of aliphatic hydroxyl groups is 3. The molecule has 4 aliphatic heterocycles. The summed E-state index contributed by atoms with van der Waals surface area (Å²) in [6, 6.07) is 8.30. The van der Waals surface area contributed by atoms with Gasteiger partial charge in [-0.15, -0.1) is 0 Å². The maximum Gasteiger partial charge on any atom is 0.329 e. The summed E-state index contributed by atoms with van der Waals surface area (Å²) in [4.78, 5) is 86.7. The third-order valence-corrected chi connectivity index (χ3v) is 17.5. The molecular formula is C63H91NO16. The summed E-state index contributed by atoms with van der Waals surface area (Å²) < 4.78 is 42.5. The summed E-state index contributed by atoms with van der Waals surface area (Å²) in [7, 11) is 3.14. The van der Waals surface area contributed by atoms with Gasteiger partial charge < -0.3 is 53.4 Å². The van der Waals surface area contributed by atoms with Crippen LogP contribution in [0.15, 0.2) is 77.9 Å². The monoisotopic (exact) mass is 1120 g/mol. The lowest BCUT2D eigenvalue weighted by atomic mass is 9.78. The van der Waals surface area contributed by atoms with Gasteiger partial charge in [0.25, 0.3) is 11.7 Å². The Balaban J connectivity index is 1.23. The SMILES string of the molecule is COC1CC2CCC(C)C(O)(O2)C(=O)C(=O)N2CCCCC2C(=O)OC(C(C)CC2CCC(OC(=O)C3(C)COC(c4ccccc4)OC3)C(OC)C2)CC(=O)C(C)/C=C(\C)C(O)C(CO)C(=O)C(C)CC(C)/C=C/C=CC=C1C. The van der Waals surface area contributed by atoms with E-state index in [9.17, 15) is 44.1 Å². The van der Waals surface area contributed by atoms with Crippen LogP contribution in [-0.4, -0.2) is 144 Å². The van der Waals surface area contributed by atoms with Crippen molar-refractivity contribution in [3.8, 4) is 0 Å². The standard InChI is InChI=1S/C63H91NO16/c1-38-19-13-11-14-20-39(2)52(74-9)33-47-26-24-44(7)63(73,80-47)57(69)58(70)64-28-18-17-23-49(64)59(71)78-53(34-50(66)40(3)30-43(6)56(68)48(35-65)55(67)42(5)29-38)41(4)31-45-25-27-51(54(32-45)75-10)79-61(72)62(8)36-76-60(77-37-62)46-21-15-12-16-22-46/h11-16,19-22,30,38,40-42,44-45,47-49,51-54,56,60,65,68,73H,17-18,23-29,31-37H2,1-10H3/b14-11?,19-13+,39-20?,43-30+. The molecule has 444 valence electrons. The fourth-order valence-corrected chi connectivity index (χ4v) is 12.2. The summed E-state index contributed by atoms with van der Waals surface area (Å²) in [5.41, 5.74) is 0.996. The molecule has 1 amide bonds. The molecule has 0 spiro atoms. The van der Waals surface area contributed by atoms with E-state index in [1.807, 2.05) is 81.5 Å². The molecule has 1 aromatic rings. The molecule has 17 heteroatoms. The molecule has 1 saturated carbocycles. The van der Waals surface area contributed by atoms with Gasteiger partial charge in [-0.25, -0.2) is 4.79 Å². The van der Waals surface area contributed by atoms with Crippen molar-refractivity contribution in [2.45, 2.75) is 187 Å². The number of allylic oxidation sites excluding steroid dienone is 6. The van der Waals surface area contributed by atoms with Crippen molar-refractivity contribution in [1.29, 1.82) is 0 Å². The van der Waals surface area contributed by atoms with Crippen molar-refractivity contribution < 1.29 is 77.2 Å². The zero-order valence-corrected chi connectivity index (χ0v) is 48.9. The molecule has 80 heavy (non-hydrogen) atoms. The summed E-state index contributed by atoms with van der Waals surface area (Å²) >= 11 is 0. The van der Waals surface area contributed by atoms with Crippen molar-refractivity contribution in [3.63, 3.8) is 0 Å². The molecule has 3 N–H and O–H groups in total. The summed E-state index contributed by atoms with van der Waals surface area (Å²) in [5, 5.41) is 34.1. The molecule has 3 saturated heterocycles. The van der Waals surface area contributed by atoms with Crippen LogP contribution in [-0.2, 0) is 61.9 Å². The van der Waals surface area contributed by atoms with Crippen LogP contribution in [0, 0.1) is 46.8 Å². The summed E-state index contributed by atoms with van der Waals surface area (Å²) in [5.74, 6) is -10.2. The minimum absolute atomic E-state index is 0.00989. The Kier molecular flexibility index (Phi) is 23.8. The highest BCUT2D eigenvalue weighted by Crippen LogP contribution is 2.40. The molecule has 15 atom stereocenters. The Morgan fingerprint density at radius 3 is 2.24 bits per heavy atom. The number of rotatable bonds is 9. The number of carbonyl (C=O) groups excluding carboxylic acids is 6. The number of fused-ring (bicyclic) bond motifs is 3. The van der Waals surface area contributed by atoms with E-state index in [0.717, 1.165) is 11.1 Å². The average Bonchev–Trinajstić information content (AvgIpc) is 3.57. The van der Waals surface area contributed by atoms with E-state index in [-0.39, 0.29) is 56.0 Å². The van der Waals surface area contributed by atoms with Gasteiger partial charge in [-0.2, -0.15) is 0 Å². The number of cyclic esters (lactones) is 1. The lowest BCUT2D eigenvalue weighted by Gasteiger charge is -2.42.